The van der Waals surface area contributed by atoms with Crippen LogP contribution in [-0.4, -0.2) is 31.9 Å². The maximum atomic E-state index is 12.0. The zero-order valence-electron chi connectivity index (χ0n) is 13.6. The zero-order valence-corrected chi connectivity index (χ0v) is 15.2. The molecule has 0 spiro atoms. The van der Waals surface area contributed by atoms with Gasteiger partial charge in [0.1, 0.15) is 0 Å². The summed E-state index contributed by atoms with van der Waals surface area (Å²) in [5.41, 5.74) is 0.980. The lowest BCUT2D eigenvalue weighted by Crippen LogP contribution is -2.45. The second-order valence-electron chi connectivity index (χ2n) is 5.58. The first-order chi connectivity index (χ1) is 10.1. The van der Waals surface area contributed by atoms with Crippen LogP contribution in [0.15, 0.2) is 29.2 Å². The Balaban J connectivity index is 2.64. The molecule has 0 aromatic heterocycles. The molecule has 0 aliphatic heterocycles. The highest BCUT2D eigenvalue weighted by Gasteiger charge is 2.19. The number of sulfonamides is 1. The number of hydrogen-bond donors (Lipinski definition) is 2. The van der Waals surface area contributed by atoms with Gasteiger partial charge in [0, 0.05) is 10.1 Å². The molecule has 0 aliphatic rings. The Morgan fingerprint density at radius 3 is 2.09 bits per heavy atom. The van der Waals surface area contributed by atoms with Gasteiger partial charge in [-0.2, -0.15) is 0 Å². The molecule has 0 radical (unpaired) electrons. The van der Waals surface area contributed by atoms with E-state index in [2.05, 4.69) is 23.9 Å². The van der Waals surface area contributed by atoms with Crippen LogP contribution >= 0.6 is 11.8 Å². The highest BCUT2D eigenvalue weighted by molar-refractivity contribution is 7.99. The maximum Gasteiger partial charge on any atom is 0.238 e. The summed E-state index contributed by atoms with van der Waals surface area (Å²) in [6.07, 6.45) is 1.03. The summed E-state index contributed by atoms with van der Waals surface area (Å²) in [5, 5.41) is 3.33. The fraction of sp³-hybridized carbons (Fsp3) is 0.533. The van der Waals surface area contributed by atoms with Crippen LogP contribution in [0.1, 0.15) is 39.3 Å². The van der Waals surface area contributed by atoms with Gasteiger partial charge in [-0.25, -0.2) is 13.1 Å². The number of benzene rings is 1. The number of thioether (sulfide) groups is 1. The van der Waals surface area contributed by atoms with E-state index in [-0.39, 0.29) is 11.9 Å². The van der Waals surface area contributed by atoms with Crippen molar-refractivity contribution in [3.63, 3.8) is 0 Å². The van der Waals surface area contributed by atoms with Crippen molar-refractivity contribution in [2.24, 2.45) is 0 Å². The van der Waals surface area contributed by atoms with E-state index in [1.54, 1.807) is 11.8 Å². The Kier molecular flexibility index (Phi) is 6.90. The third-order valence-electron chi connectivity index (χ3n) is 2.89. The fourth-order valence-corrected chi connectivity index (χ4v) is 3.49. The molecule has 0 saturated carbocycles. The van der Waals surface area contributed by atoms with E-state index in [0.717, 1.165) is 11.8 Å². The fourth-order valence-electron chi connectivity index (χ4n) is 1.90. The van der Waals surface area contributed by atoms with Crippen molar-refractivity contribution >= 4 is 27.7 Å². The molecule has 1 amide bonds. The molecular formula is C15H24N2O3S2. The lowest BCUT2D eigenvalue weighted by Gasteiger charge is -2.18. The minimum atomic E-state index is -3.40. The molecule has 0 aliphatic carbocycles. The van der Waals surface area contributed by atoms with Gasteiger partial charge in [-0.1, -0.05) is 26.0 Å². The summed E-state index contributed by atoms with van der Waals surface area (Å²) >= 11 is 1.78. The standard InChI is InChI=1S/C15H24N2O3S2/c1-10(2)21-14-8-6-13(7-9-14)11(3)16-15(18)12(4)17-22(5,19)20/h6-12,17H,1-5H3,(H,16,18)/t11-,12+/m1/s1. The van der Waals surface area contributed by atoms with Crippen LogP contribution in [0.25, 0.3) is 0 Å². The van der Waals surface area contributed by atoms with Crippen LogP contribution in [0, 0.1) is 0 Å². The summed E-state index contributed by atoms with van der Waals surface area (Å²) in [6.45, 7) is 7.66. The minimum Gasteiger partial charge on any atom is -0.348 e. The predicted molar refractivity (Wildman–Crippen MR) is 91.4 cm³/mol. The van der Waals surface area contributed by atoms with Gasteiger partial charge in [0.05, 0.1) is 18.3 Å². The summed E-state index contributed by atoms with van der Waals surface area (Å²) in [5.74, 6) is -0.349. The van der Waals surface area contributed by atoms with E-state index < -0.39 is 16.1 Å². The first kappa shape index (κ1) is 19.0. The highest BCUT2D eigenvalue weighted by Crippen LogP contribution is 2.24. The molecule has 22 heavy (non-hydrogen) atoms. The quantitative estimate of drug-likeness (QED) is 0.744. The van der Waals surface area contributed by atoms with Crippen LogP contribution in [0.4, 0.5) is 0 Å². The van der Waals surface area contributed by atoms with E-state index in [1.165, 1.54) is 11.8 Å². The number of carbonyl (C=O) groups is 1. The third-order valence-corrected chi connectivity index (χ3v) is 4.69. The third kappa shape index (κ3) is 6.81. The van der Waals surface area contributed by atoms with Gasteiger partial charge in [0.2, 0.25) is 15.9 Å². The van der Waals surface area contributed by atoms with E-state index in [1.807, 2.05) is 31.2 Å². The molecule has 0 heterocycles. The molecule has 1 aromatic carbocycles. The van der Waals surface area contributed by atoms with E-state index in [4.69, 9.17) is 0 Å². The first-order valence-corrected chi connectivity index (χ1v) is 9.90. The Morgan fingerprint density at radius 1 is 1.09 bits per heavy atom. The molecule has 124 valence electrons. The van der Waals surface area contributed by atoms with Crippen molar-refractivity contribution in [2.45, 2.75) is 49.9 Å². The Morgan fingerprint density at radius 2 is 1.64 bits per heavy atom. The Hall–Kier alpha value is -1.05. The predicted octanol–water partition coefficient (Wildman–Crippen LogP) is 2.30. The van der Waals surface area contributed by atoms with Crippen molar-refractivity contribution in [2.75, 3.05) is 6.26 Å². The molecule has 2 N–H and O–H groups in total. The van der Waals surface area contributed by atoms with Gasteiger partial charge in [0.15, 0.2) is 0 Å². The lowest BCUT2D eigenvalue weighted by atomic mass is 10.1. The number of hydrogen-bond acceptors (Lipinski definition) is 4. The van der Waals surface area contributed by atoms with Crippen LogP contribution in [-0.2, 0) is 14.8 Å². The molecule has 0 fully saturated rings. The van der Waals surface area contributed by atoms with Crippen molar-refractivity contribution in [3.05, 3.63) is 29.8 Å². The summed E-state index contributed by atoms with van der Waals surface area (Å²) in [4.78, 5) is 13.2. The van der Waals surface area contributed by atoms with Crippen LogP contribution in [0.3, 0.4) is 0 Å². The maximum absolute atomic E-state index is 12.0. The second kappa shape index (κ2) is 7.99. The zero-order chi connectivity index (χ0) is 16.9. The Labute approximate surface area is 137 Å². The number of carbonyl (C=O) groups excluding carboxylic acids is 1. The highest BCUT2D eigenvalue weighted by atomic mass is 32.2. The average Bonchev–Trinajstić information content (AvgIpc) is 2.36. The first-order valence-electron chi connectivity index (χ1n) is 7.13. The van der Waals surface area contributed by atoms with E-state index in [9.17, 15) is 13.2 Å². The molecule has 7 heteroatoms. The molecule has 0 saturated heterocycles. The van der Waals surface area contributed by atoms with E-state index >= 15 is 0 Å². The normalized spacial score (nSPS) is 14.6. The summed E-state index contributed by atoms with van der Waals surface area (Å²) in [6, 6.07) is 7.03. The SMILES string of the molecule is CC(C)Sc1ccc([C@@H](C)NC(=O)[C@H](C)NS(C)(=O)=O)cc1. The van der Waals surface area contributed by atoms with Crippen molar-refractivity contribution in [1.82, 2.24) is 10.0 Å². The molecule has 0 bridgehead atoms. The van der Waals surface area contributed by atoms with Gasteiger partial charge in [-0.15, -0.1) is 11.8 Å². The lowest BCUT2D eigenvalue weighted by molar-refractivity contribution is -0.123. The van der Waals surface area contributed by atoms with Crippen LogP contribution < -0.4 is 10.0 Å². The molecule has 0 unspecified atom stereocenters. The second-order valence-corrected chi connectivity index (χ2v) is 9.01. The average molecular weight is 345 g/mol. The number of nitrogens with one attached hydrogen (secondary N) is 2. The van der Waals surface area contributed by atoms with Crippen molar-refractivity contribution < 1.29 is 13.2 Å². The van der Waals surface area contributed by atoms with Gasteiger partial charge in [-0.05, 0) is 31.5 Å². The summed E-state index contributed by atoms with van der Waals surface area (Å²) in [7, 11) is -3.40. The molecule has 1 rings (SSSR count). The van der Waals surface area contributed by atoms with Crippen molar-refractivity contribution in [1.29, 1.82) is 0 Å². The molecule has 5 nitrogen and oxygen atoms in total. The monoisotopic (exact) mass is 344 g/mol. The van der Waals surface area contributed by atoms with Gasteiger partial charge in [0.25, 0.3) is 0 Å². The number of amides is 1. The smallest absolute Gasteiger partial charge is 0.238 e. The molecule has 1 aromatic rings. The van der Waals surface area contributed by atoms with Crippen LogP contribution in [0.5, 0.6) is 0 Å². The molecule has 2 atom stereocenters. The number of rotatable bonds is 7. The molecular weight excluding hydrogens is 320 g/mol. The van der Waals surface area contributed by atoms with Crippen LogP contribution in [0.2, 0.25) is 0 Å². The summed E-state index contributed by atoms with van der Waals surface area (Å²) < 4.78 is 24.5. The van der Waals surface area contributed by atoms with Crippen molar-refractivity contribution in [3.8, 4) is 0 Å². The van der Waals surface area contributed by atoms with Gasteiger partial charge in [-0.3, -0.25) is 4.79 Å². The van der Waals surface area contributed by atoms with Gasteiger partial charge >= 0.3 is 0 Å². The van der Waals surface area contributed by atoms with Gasteiger partial charge < -0.3 is 5.32 Å². The van der Waals surface area contributed by atoms with E-state index in [0.29, 0.717) is 5.25 Å². The Bertz CT molecular complexity index is 598. The minimum absolute atomic E-state index is 0.186. The topological polar surface area (TPSA) is 75.3 Å². The largest absolute Gasteiger partial charge is 0.348 e.